The largest absolute Gasteiger partial charge is 0.366 e. The van der Waals surface area contributed by atoms with Gasteiger partial charge in [-0.15, -0.1) is 0 Å². The van der Waals surface area contributed by atoms with E-state index in [0.717, 1.165) is 11.8 Å². The monoisotopic (exact) mass is 355 g/mol. The van der Waals surface area contributed by atoms with Gasteiger partial charge in [-0.05, 0) is 30.8 Å². The molecule has 2 rings (SSSR count). The maximum atomic E-state index is 11.3. The number of rotatable bonds is 10. The number of hydrogen-bond donors (Lipinski definition) is 2. The lowest BCUT2D eigenvalue weighted by Crippen LogP contribution is -2.32. The fourth-order valence-electron chi connectivity index (χ4n) is 2.39. The van der Waals surface area contributed by atoms with Crippen LogP contribution in [0.15, 0.2) is 36.7 Å². The maximum absolute atomic E-state index is 11.3. The van der Waals surface area contributed by atoms with Crippen LogP contribution in [0, 0.1) is 0 Å². The van der Waals surface area contributed by atoms with Gasteiger partial charge in [0.05, 0.1) is 5.69 Å². The highest BCUT2D eigenvalue weighted by molar-refractivity contribution is 5.77. The van der Waals surface area contributed by atoms with Crippen LogP contribution in [-0.2, 0) is 17.9 Å². The third-order valence-electron chi connectivity index (χ3n) is 3.89. The highest BCUT2D eigenvalue weighted by atomic mass is 16.1. The van der Waals surface area contributed by atoms with Gasteiger partial charge in [-0.25, -0.2) is 4.98 Å². The Morgan fingerprint density at radius 2 is 2.15 bits per heavy atom. The summed E-state index contributed by atoms with van der Waals surface area (Å²) in [7, 11) is 1.93. The summed E-state index contributed by atoms with van der Waals surface area (Å²) < 4.78 is 0. The molecule has 138 valence electrons. The molecule has 26 heavy (non-hydrogen) atoms. The van der Waals surface area contributed by atoms with E-state index in [0.29, 0.717) is 49.7 Å². The van der Waals surface area contributed by atoms with Gasteiger partial charge in [-0.1, -0.05) is 13.0 Å². The summed E-state index contributed by atoms with van der Waals surface area (Å²) in [6.45, 7) is 4.21. The highest BCUT2D eigenvalue weighted by Gasteiger charge is 2.09. The van der Waals surface area contributed by atoms with Crippen LogP contribution in [-0.4, -0.2) is 47.2 Å². The smallest absolute Gasteiger partial charge is 0.219 e. The fraction of sp³-hybridized carbons (Fsp3) is 0.368. The second kappa shape index (κ2) is 10.2. The summed E-state index contributed by atoms with van der Waals surface area (Å²) in [6.07, 6.45) is 4.83. The Labute approximate surface area is 153 Å². The molecule has 2 aromatic rings. The number of anilines is 1. The van der Waals surface area contributed by atoms with Crippen LogP contribution in [0.3, 0.4) is 0 Å². The second-order valence-electron chi connectivity index (χ2n) is 6.01. The zero-order valence-corrected chi connectivity index (χ0v) is 15.2. The van der Waals surface area contributed by atoms with E-state index in [2.05, 4.69) is 20.6 Å². The molecule has 7 nitrogen and oxygen atoms in total. The van der Waals surface area contributed by atoms with Crippen molar-refractivity contribution in [3.05, 3.63) is 53.5 Å². The van der Waals surface area contributed by atoms with Crippen LogP contribution in [0.2, 0.25) is 0 Å². The number of nitrogens with one attached hydrogen (secondary N) is 2. The molecule has 2 heterocycles. The lowest BCUT2D eigenvalue weighted by atomic mass is 10.2. The lowest BCUT2D eigenvalue weighted by molar-refractivity contribution is -0.120. The number of aldehydes is 1. The van der Waals surface area contributed by atoms with E-state index in [1.54, 1.807) is 24.5 Å². The number of nitrogens with zero attached hydrogens (tertiary/aromatic N) is 3. The summed E-state index contributed by atoms with van der Waals surface area (Å²) in [5, 5.41) is 6.09. The number of aromatic nitrogens is 2. The van der Waals surface area contributed by atoms with Crippen LogP contribution >= 0.6 is 0 Å². The third kappa shape index (κ3) is 6.25. The molecule has 0 aliphatic rings. The Bertz CT molecular complexity index is 721. The van der Waals surface area contributed by atoms with Crippen molar-refractivity contribution in [2.75, 3.05) is 25.5 Å². The average Bonchev–Trinajstić information content (AvgIpc) is 2.67. The first-order valence-corrected chi connectivity index (χ1v) is 8.65. The molecule has 0 fully saturated rings. The van der Waals surface area contributed by atoms with Gasteiger partial charge < -0.3 is 10.6 Å². The predicted octanol–water partition coefficient (Wildman–Crippen LogP) is 1.86. The Morgan fingerprint density at radius 1 is 1.31 bits per heavy atom. The van der Waals surface area contributed by atoms with E-state index in [1.807, 2.05) is 31.0 Å². The molecule has 0 spiro atoms. The van der Waals surface area contributed by atoms with Crippen LogP contribution in [0.25, 0.3) is 0 Å². The summed E-state index contributed by atoms with van der Waals surface area (Å²) in [5.74, 6) is 0.744. The average molecular weight is 355 g/mol. The van der Waals surface area contributed by atoms with E-state index >= 15 is 0 Å². The van der Waals surface area contributed by atoms with Crippen molar-refractivity contribution in [3.63, 3.8) is 0 Å². The molecular formula is C19H25N5O2. The molecule has 2 aromatic heterocycles. The SMILES string of the molecule is CCC(=O)NCCN(C)Cc1nc(NCc2cccnc2)ccc1C=O. The molecule has 0 saturated carbocycles. The molecule has 0 atom stereocenters. The molecule has 0 radical (unpaired) electrons. The van der Waals surface area contributed by atoms with E-state index in [-0.39, 0.29) is 5.91 Å². The third-order valence-corrected chi connectivity index (χ3v) is 3.89. The minimum atomic E-state index is 0.0340. The van der Waals surface area contributed by atoms with Crippen molar-refractivity contribution in [3.8, 4) is 0 Å². The summed E-state index contributed by atoms with van der Waals surface area (Å²) in [4.78, 5) is 33.3. The Kier molecular flexibility index (Phi) is 7.70. The van der Waals surface area contributed by atoms with Gasteiger partial charge in [-0.3, -0.25) is 19.5 Å². The van der Waals surface area contributed by atoms with Gasteiger partial charge in [0.2, 0.25) is 5.91 Å². The van der Waals surface area contributed by atoms with Crippen molar-refractivity contribution < 1.29 is 9.59 Å². The first kappa shape index (κ1) is 19.5. The molecule has 1 amide bonds. The number of likely N-dealkylation sites (N-methyl/N-ethyl adjacent to an activating group) is 1. The van der Waals surface area contributed by atoms with Crippen molar-refractivity contribution >= 4 is 18.0 Å². The van der Waals surface area contributed by atoms with Gasteiger partial charge in [-0.2, -0.15) is 0 Å². The van der Waals surface area contributed by atoms with Gasteiger partial charge in [0.15, 0.2) is 6.29 Å². The quantitative estimate of drug-likeness (QED) is 0.633. The molecule has 7 heteroatoms. The predicted molar refractivity (Wildman–Crippen MR) is 101 cm³/mol. The highest BCUT2D eigenvalue weighted by Crippen LogP contribution is 2.13. The van der Waals surface area contributed by atoms with E-state index in [9.17, 15) is 9.59 Å². The number of carbonyl (C=O) groups excluding carboxylic acids is 2. The van der Waals surface area contributed by atoms with Gasteiger partial charge in [0.1, 0.15) is 5.82 Å². The van der Waals surface area contributed by atoms with Crippen LogP contribution < -0.4 is 10.6 Å². The number of amides is 1. The maximum Gasteiger partial charge on any atom is 0.219 e. The van der Waals surface area contributed by atoms with E-state index in [4.69, 9.17) is 0 Å². The van der Waals surface area contributed by atoms with Gasteiger partial charge in [0, 0.05) is 50.6 Å². The van der Waals surface area contributed by atoms with E-state index < -0.39 is 0 Å². The number of hydrogen-bond acceptors (Lipinski definition) is 6. The zero-order chi connectivity index (χ0) is 18.8. The van der Waals surface area contributed by atoms with Crippen molar-refractivity contribution in [1.82, 2.24) is 20.2 Å². The standard InChI is InChI=1S/C19H25N5O2/c1-3-19(26)21-9-10-24(2)13-17-16(14-25)6-7-18(23-17)22-12-15-5-4-8-20-11-15/h4-8,11,14H,3,9-10,12-13H2,1-2H3,(H,21,26)(H,22,23). The molecule has 2 N–H and O–H groups in total. The topological polar surface area (TPSA) is 87.2 Å². The van der Waals surface area contributed by atoms with Gasteiger partial charge >= 0.3 is 0 Å². The minimum absolute atomic E-state index is 0.0340. The van der Waals surface area contributed by atoms with Crippen molar-refractivity contribution in [1.29, 1.82) is 0 Å². The first-order valence-electron chi connectivity index (χ1n) is 8.65. The molecular weight excluding hydrogens is 330 g/mol. The van der Waals surface area contributed by atoms with Crippen LogP contribution in [0.5, 0.6) is 0 Å². The summed E-state index contributed by atoms with van der Waals surface area (Å²) >= 11 is 0. The van der Waals surface area contributed by atoms with Gasteiger partial charge in [0.25, 0.3) is 0 Å². The normalized spacial score (nSPS) is 10.6. The molecule has 0 aliphatic heterocycles. The number of carbonyl (C=O) groups is 2. The molecule has 0 aliphatic carbocycles. The Hall–Kier alpha value is -2.80. The van der Waals surface area contributed by atoms with E-state index in [1.165, 1.54) is 0 Å². The first-order chi connectivity index (χ1) is 12.6. The fourth-order valence-corrected chi connectivity index (χ4v) is 2.39. The Balaban J connectivity index is 1.95. The molecule has 0 bridgehead atoms. The van der Waals surface area contributed by atoms with Crippen LogP contribution in [0.1, 0.15) is 35.0 Å². The minimum Gasteiger partial charge on any atom is -0.366 e. The summed E-state index contributed by atoms with van der Waals surface area (Å²) in [5.41, 5.74) is 2.33. The second-order valence-corrected chi connectivity index (χ2v) is 6.01. The van der Waals surface area contributed by atoms with Crippen LogP contribution in [0.4, 0.5) is 5.82 Å². The number of pyridine rings is 2. The molecule has 0 saturated heterocycles. The molecule has 0 aromatic carbocycles. The van der Waals surface area contributed by atoms with Crippen molar-refractivity contribution in [2.45, 2.75) is 26.4 Å². The summed E-state index contributed by atoms with van der Waals surface area (Å²) in [6, 6.07) is 7.44. The van der Waals surface area contributed by atoms with Crippen molar-refractivity contribution in [2.24, 2.45) is 0 Å². The Morgan fingerprint density at radius 3 is 2.85 bits per heavy atom. The zero-order valence-electron chi connectivity index (χ0n) is 15.2. The lowest BCUT2D eigenvalue weighted by Gasteiger charge is -2.18. The molecule has 0 unspecified atom stereocenters.